The number of amides is 2. The van der Waals surface area contributed by atoms with Crippen LogP contribution in [0.2, 0.25) is 0 Å². The summed E-state index contributed by atoms with van der Waals surface area (Å²) in [5.74, 6) is 0.0934. The normalized spacial score (nSPS) is 14.6. The van der Waals surface area contributed by atoms with Gasteiger partial charge in [-0.1, -0.05) is 33.8 Å². The molecule has 0 aliphatic heterocycles. The minimum absolute atomic E-state index is 0.0546. The van der Waals surface area contributed by atoms with Crippen molar-refractivity contribution in [3.05, 3.63) is 12.7 Å². The van der Waals surface area contributed by atoms with E-state index >= 15 is 0 Å². The predicted molar refractivity (Wildman–Crippen MR) is 124 cm³/mol. The van der Waals surface area contributed by atoms with Gasteiger partial charge in [0.05, 0.1) is 32.9 Å². The SMILES string of the molecule is C=CCNC(=O)C(C)(CC)CC(C)(C)C(=O)NCCC[N+](C)(C)CCCS(C)(=O)=O. The lowest BCUT2D eigenvalue weighted by Crippen LogP contribution is -2.47. The zero-order chi connectivity index (χ0) is 23.6. The first-order valence-corrected chi connectivity index (χ1v) is 12.8. The molecule has 0 aliphatic carbocycles. The van der Waals surface area contributed by atoms with Crippen LogP contribution in [0.1, 0.15) is 53.4 Å². The molecule has 0 saturated carbocycles. The first kappa shape index (κ1) is 28.6. The van der Waals surface area contributed by atoms with Crippen molar-refractivity contribution in [2.24, 2.45) is 10.8 Å². The summed E-state index contributed by atoms with van der Waals surface area (Å²) >= 11 is 0. The highest BCUT2D eigenvalue weighted by Crippen LogP contribution is 2.37. The van der Waals surface area contributed by atoms with Gasteiger partial charge in [-0.25, -0.2) is 8.42 Å². The average molecular weight is 447 g/mol. The van der Waals surface area contributed by atoms with Crippen LogP contribution in [0.15, 0.2) is 12.7 Å². The van der Waals surface area contributed by atoms with Gasteiger partial charge in [0, 0.05) is 43.0 Å². The molecule has 0 aromatic carbocycles. The minimum atomic E-state index is -2.93. The first-order chi connectivity index (χ1) is 13.6. The van der Waals surface area contributed by atoms with Gasteiger partial charge in [0.1, 0.15) is 9.84 Å². The van der Waals surface area contributed by atoms with Crippen LogP contribution in [0.4, 0.5) is 0 Å². The van der Waals surface area contributed by atoms with Crippen molar-refractivity contribution in [1.29, 1.82) is 0 Å². The third-order valence-electron chi connectivity index (χ3n) is 5.69. The van der Waals surface area contributed by atoms with Crippen LogP contribution in [0.25, 0.3) is 0 Å². The Bertz CT molecular complexity index is 686. The second-order valence-electron chi connectivity index (χ2n) is 9.95. The fourth-order valence-corrected chi connectivity index (χ4v) is 4.27. The Morgan fingerprint density at radius 1 is 1.03 bits per heavy atom. The van der Waals surface area contributed by atoms with E-state index < -0.39 is 20.7 Å². The minimum Gasteiger partial charge on any atom is -0.355 e. The molecular formula is C22H44N3O4S+. The number of rotatable bonds is 15. The van der Waals surface area contributed by atoms with E-state index in [0.29, 0.717) is 36.8 Å². The second kappa shape index (κ2) is 11.8. The largest absolute Gasteiger partial charge is 0.355 e. The molecule has 0 saturated heterocycles. The summed E-state index contributed by atoms with van der Waals surface area (Å²) < 4.78 is 23.3. The van der Waals surface area contributed by atoms with Crippen molar-refractivity contribution >= 4 is 21.7 Å². The van der Waals surface area contributed by atoms with Crippen LogP contribution < -0.4 is 10.6 Å². The zero-order valence-corrected chi connectivity index (χ0v) is 21.0. The van der Waals surface area contributed by atoms with Crippen LogP contribution in [-0.2, 0) is 19.4 Å². The number of hydrogen-bond donors (Lipinski definition) is 2. The van der Waals surface area contributed by atoms with E-state index in [1.54, 1.807) is 6.08 Å². The van der Waals surface area contributed by atoms with Gasteiger partial charge in [-0.3, -0.25) is 9.59 Å². The van der Waals surface area contributed by atoms with Crippen molar-refractivity contribution in [2.75, 3.05) is 52.3 Å². The van der Waals surface area contributed by atoms with Gasteiger partial charge in [-0.15, -0.1) is 6.58 Å². The zero-order valence-electron chi connectivity index (χ0n) is 20.1. The molecule has 0 aromatic heterocycles. The smallest absolute Gasteiger partial charge is 0.226 e. The number of carbonyl (C=O) groups excluding carboxylic acids is 2. The maximum atomic E-state index is 12.8. The Morgan fingerprint density at radius 2 is 1.60 bits per heavy atom. The van der Waals surface area contributed by atoms with Crippen molar-refractivity contribution in [3.8, 4) is 0 Å². The van der Waals surface area contributed by atoms with E-state index in [0.717, 1.165) is 19.5 Å². The van der Waals surface area contributed by atoms with E-state index in [4.69, 9.17) is 0 Å². The maximum absolute atomic E-state index is 12.8. The van der Waals surface area contributed by atoms with Crippen LogP contribution in [0, 0.1) is 10.8 Å². The van der Waals surface area contributed by atoms with Crippen molar-refractivity contribution in [3.63, 3.8) is 0 Å². The molecule has 176 valence electrons. The lowest BCUT2D eigenvalue weighted by atomic mass is 9.71. The van der Waals surface area contributed by atoms with Crippen molar-refractivity contribution in [1.82, 2.24) is 10.6 Å². The highest BCUT2D eigenvalue weighted by molar-refractivity contribution is 7.90. The summed E-state index contributed by atoms with van der Waals surface area (Å²) in [6.07, 6.45) is 5.45. The molecule has 1 atom stereocenters. The van der Waals surface area contributed by atoms with Gasteiger partial charge < -0.3 is 15.1 Å². The number of hydrogen-bond acceptors (Lipinski definition) is 4. The molecule has 2 N–H and O–H groups in total. The summed E-state index contributed by atoms with van der Waals surface area (Å²) in [5.41, 5.74) is -1.29. The molecule has 0 aromatic rings. The lowest BCUT2D eigenvalue weighted by molar-refractivity contribution is -0.890. The van der Waals surface area contributed by atoms with Crippen molar-refractivity contribution < 1.29 is 22.5 Å². The molecule has 2 amide bonds. The van der Waals surface area contributed by atoms with Gasteiger partial charge in [0.2, 0.25) is 11.8 Å². The van der Waals surface area contributed by atoms with E-state index in [1.165, 1.54) is 6.26 Å². The Labute approximate surface area is 184 Å². The average Bonchev–Trinajstić information content (AvgIpc) is 2.61. The predicted octanol–water partition coefficient (Wildman–Crippen LogP) is 2.14. The standard InChI is InChI=1S/C22H43N3O4S/c1-9-13-23-20(27)22(5,10-2)18-21(3,4)19(26)24-14-11-15-25(6,7)16-12-17-30(8,28)29/h9H,1,10-18H2,2-8H3,(H-,23,24,26,27)/p+1. The number of carbonyl (C=O) groups is 2. The topological polar surface area (TPSA) is 92.3 Å². The summed E-state index contributed by atoms with van der Waals surface area (Å²) in [7, 11) is 1.22. The molecule has 0 fully saturated rings. The van der Waals surface area contributed by atoms with E-state index in [-0.39, 0.29) is 17.6 Å². The monoisotopic (exact) mass is 446 g/mol. The van der Waals surface area contributed by atoms with Gasteiger partial charge >= 0.3 is 0 Å². The Balaban J connectivity index is 4.60. The molecule has 1 unspecified atom stereocenters. The van der Waals surface area contributed by atoms with E-state index in [9.17, 15) is 18.0 Å². The number of nitrogens with zero attached hydrogens (tertiary/aromatic N) is 1. The van der Waals surface area contributed by atoms with Crippen LogP contribution >= 0.6 is 0 Å². The fourth-order valence-electron chi connectivity index (χ4n) is 3.61. The van der Waals surface area contributed by atoms with E-state index in [1.807, 2.05) is 27.7 Å². The molecule has 7 nitrogen and oxygen atoms in total. The third-order valence-corrected chi connectivity index (χ3v) is 6.72. The maximum Gasteiger partial charge on any atom is 0.226 e. The number of quaternary nitrogens is 1. The molecular weight excluding hydrogens is 402 g/mol. The first-order valence-electron chi connectivity index (χ1n) is 10.8. The fraction of sp³-hybridized carbons (Fsp3) is 0.818. The quantitative estimate of drug-likeness (QED) is 0.229. The molecule has 0 spiro atoms. The summed E-state index contributed by atoms with van der Waals surface area (Å²) in [6.45, 7) is 13.8. The van der Waals surface area contributed by atoms with Crippen LogP contribution in [0.5, 0.6) is 0 Å². The lowest BCUT2D eigenvalue weighted by Gasteiger charge is -2.35. The molecule has 8 heteroatoms. The van der Waals surface area contributed by atoms with Gasteiger partial charge in [-0.05, 0) is 12.8 Å². The molecule has 0 radical (unpaired) electrons. The number of nitrogens with one attached hydrogen (secondary N) is 2. The molecule has 0 bridgehead atoms. The summed E-state index contributed by atoms with van der Waals surface area (Å²) in [5, 5.41) is 5.86. The Morgan fingerprint density at radius 3 is 2.10 bits per heavy atom. The number of sulfone groups is 1. The Hall–Kier alpha value is -1.41. The van der Waals surface area contributed by atoms with Gasteiger partial charge in [0.15, 0.2) is 0 Å². The third kappa shape index (κ3) is 11.1. The van der Waals surface area contributed by atoms with E-state index in [2.05, 4.69) is 31.3 Å². The van der Waals surface area contributed by atoms with Gasteiger partial charge in [0.25, 0.3) is 0 Å². The van der Waals surface area contributed by atoms with Crippen LogP contribution in [0.3, 0.4) is 0 Å². The Kier molecular flexibility index (Phi) is 11.3. The van der Waals surface area contributed by atoms with Crippen molar-refractivity contribution in [2.45, 2.75) is 53.4 Å². The molecule has 0 heterocycles. The highest BCUT2D eigenvalue weighted by atomic mass is 32.2. The van der Waals surface area contributed by atoms with Gasteiger partial charge in [-0.2, -0.15) is 0 Å². The summed E-state index contributed by atoms with van der Waals surface area (Å²) in [4.78, 5) is 25.3. The molecule has 30 heavy (non-hydrogen) atoms. The molecule has 0 rings (SSSR count). The summed E-state index contributed by atoms with van der Waals surface area (Å²) in [6, 6.07) is 0. The molecule has 0 aliphatic rings. The second-order valence-corrected chi connectivity index (χ2v) is 12.2. The van der Waals surface area contributed by atoms with Crippen LogP contribution in [-0.4, -0.2) is 77.0 Å². The highest BCUT2D eigenvalue weighted by Gasteiger charge is 2.40.